The Morgan fingerprint density at radius 3 is 2.29 bits per heavy atom. The quantitative estimate of drug-likeness (QED) is 0.379. The zero-order valence-corrected chi connectivity index (χ0v) is 14.5. The SMILES string of the molecule is CCCCOC(=O)C1CCC(CCCC)CC1CCCC. The van der Waals surface area contributed by atoms with Crippen molar-refractivity contribution in [2.45, 2.75) is 91.4 Å². The highest BCUT2D eigenvalue weighted by Crippen LogP contribution is 2.39. The third kappa shape index (κ3) is 6.84. The fourth-order valence-corrected chi connectivity index (χ4v) is 3.64. The van der Waals surface area contributed by atoms with Gasteiger partial charge < -0.3 is 4.74 Å². The number of unbranched alkanes of at least 4 members (excludes halogenated alkanes) is 3. The maximum absolute atomic E-state index is 12.3. The van der Waals surface area contributed by atoms with E-state index in [1.54, 1.807) is 0 Å². The van der Waals surface area contributed by atoms with Gasteiger partial charge in [-0.15, -0.1) is 0 Å². The number of hydrogen-bond donors (Lipinski definition) is 0. The van der Waals surface area contributed by atoms with Crippen LogP contribution in [0.1, 0.15) is 91.4 Å². The normalized spacial score (nSPS) is 25.8. The molecule has 21 heavy (non-hydrogen) atoms. The average Bonchev–Trinajstić information content (AvgIpc) is 2.51. The molecule has 1 rings (SSSR count). The highest BCUT2D eigenvalue weighted by atomic mass is 16.5. The van der Waals surface area contributed by atoms with Crippen LogP contribution in [-0.2, 0) is 9.53 Å². The summed E-state index contributed by atoms with van der Waals surface area (Å²) in [5.74, 6) is 1.71. The summed E-state index contributed by atoms with van der Waals surface area (Å²) in [7, 11) is 0. The maximum atomic E-state index is 12.3. The Morgan fingerprint density at radius 2 is 1.62 bits per heavy atom. The summed E-state index contributed by atoms with van der Waals surface area (Å²) in [6, 6.07) is 0. The van der Waals surface area contributed by atoms with Crippen LogP contribution in [0.2, 0.25) is 0 Å². The summed E-state index contributed by atoms with van der Waals surface area (Å²) in [6.07, 6.45) is 13.3. The van der Waals surface area contributed by atoms with Crippen molar-refractivity contribution in [3.05, 3.63) is 0 Å². The van der Waals surface area contributed by atoms with Crippen LogP contribution in [-0.4, -0.2) is 12.6 Å². The minimum atomic E-state index is 0.0958. The van der Waals surface area contributed by atoms with Gasteiger partial charge in [0.05, 0.1) is 12.5 Å². The Kier molecular flexibility index (Phi) is 9.78. The Bertz CT molecular complexity index is 275. The lowest BCUT2D eigenvalue weighted by Crippen LogP contribution is -2.32. The van der Waals surface area contributed by atoms with Gasteiger partial charge in [0.15, 0.2) is 0 Å². The van der Waals surface area contributed by atoms with Crippen LogP contribution in [0, 0.1) is 17.8 Å². The number of ether oxygens (including phenoxy) is 1. The van der Waals surface area contributed by atoms with Gasteiger partial charge in [-0.05, 0) is 43.9 Å². The van der Waals surface area contributed by atoms with Crippen molar-refractivity contribution < 1.29 is 9.53 Å². The number of carbonyl (C=O) groups excluding carboxylic acids is 1. The molecule has 1 saturated carbocycles. The van der Waals surface area contributed by atoms with E-state index in [1.165, 1.54) is 51.4 Å². The lowest BCUT2D eigenvalue weighted by Gasteiger charge is -2.35. The Balaban J connectivity index is 2.49. The van der Waals surface area contributed by atoms with Gasteiger partial charge in [-0.3, -0.25) is 4.79 Å². The van der Waals surface area contributed by atoms with Gasteiger partial charge in [0.25, 0.3) is 0 Å². The highest BCUT2D eigenvalue weighted by Gasteiger charge is 2.35. The minimum absolute atomic E-state index is 0.0958. The summed E-state index contributed by atoms with van der Waals surface area (Å²) < 4.78 is 5.51. The van der Waals surface area contributed by atoms with Gasteiger partial charge in [-0.2, -0.15) is 0 Å². The zero-order chi connectivity index (χ0) is 15.5. The molecule has 3 atom stereocenters. The molecule has 0 bridgehead atoms. The molecule has 0 spiro atoms. The first kappa shape index (κ1) is 18.5. The van der Waals surface area contributed by atoms with Crippen LogP contribution >= 0.6 is 0 Å². The average molecular weight is 296 g/mol. The van der Waals surface area contributed by atoms with Gasteiger partial charge in [0.2, 0.25) is 0 Å². The fraction of sp³-hybridized carbons (Fsp3) is 0.947. The third-order valence-electron chi connectivity index (χ3n) is 5.03. The second kappa shape index (κ2) is 11.1. The maximum Gasteiger partial charge on any atom is 0.309 e. The van der Waals surface area contributed by atoms with E-state index in [0.717, 1.165) is 25.2 Å². The lowest BCUT2D eigenvalue weighted by molar-refractivity contribution is -0.152. The molecule has 0 aliphatic heterocycles. The van der Waals surface area contributed by atoms with Crippen LogP contribution in [0.25, 0.3) is 0 Å². The molecule has 1 aliphatic carbocycles. The van der Waals surface area contributed by atoms with Crippen molar-refractivity contribution in [1.29, 1.82) is 0 Å². The van der Waals surface area contributed by atoms with Crippen molar-refractivity contribution >= 4 is 5.97 Å². The number of carbonyl (C=O) groups is 1. The number of hydrogen-bond acceptors (Lipinski definition) is 2. The van der Waals surface area contributed by atoms with E-state index < -0.39 is 0 Å². The Morgan fingerprint density at radius 1 is 0.952 bits per heavy atom. The highest BCUT2D eigenvalue weighted by molar-refractivity contribution is 5.72. The van der Waals surface area contributed by atoms with E-state index in [0.29, 0.717) is 12.5 Å². The first-order valence-corrected chi connectivity index (χ1v) is 9.39. The molecule has 0 aromatic rings. The van der Waals surface area contributed by atoms with Crippen LogP contribution in [0.15, 0.2) is 0 Å². The topological polar surface area (TPSA) is 26.3 Å². The van der Waals surface area contributed by atoms with E-state index in [1.807, 2.05) is 0 Å². The van der Waals surface area contributed by atoms with Crippen LogP contribution in [0.3, 0.4) is 0 Å². The molecule has 1 aliphatic rings. The third-order valence-corrected chi connectivity index (χ3v) is 5.03. The molecule has 0 aromatic carbocycles. The predicted molar refractivity (Wildman–Crippen MR) is 89.2 cm³/mol. The molecule has 2 nitrogen and oxygen atoms in total. The molecule has 0 amide bonds. The van der Waals surface area contributed by atoms with E-state index in [9.17, 15) is 4.79 Å². The van der Waals surface area contributed by atoms with Gasteiger partial charge in [-0.25, -0.2) is 0 Å². The second-order valence-corrected chi connectivity index (χ2v) is 6.85. The van der Waals surface area contributed by atoms with Crippen LogP contribution < -0.4 is 0 Å². The standard InChI is InChI=1S/C19H36O2/c1-4-7-10-16-12-13-18(17(15-16)11-8-5-2)19(20)21-14-9-6-3/h16-18H,4-15H2,1-3H3. The molecule has 0 N–H and O–H groups in total. The van der Waals surface area contributed by atoms with Crippen molar-refractivity contribution in [3.8, 4) is 0 Å². The summed E-state index contributed by atoms with van der Waals surface area (Å²) in [4.78, 5) is 12.3. The molecule has 2 heteroatoms. The van der Waals surface area contributed by atoms with Gasteiger partial charge in [0.1, 0.15) is 0 Å². The van der Waals surface area contributed by atoms with Crippen molar-refractivity contribution in [2.24, 2.45) is 17.8 Å². The molecule has 124 valence electrons. The molecule has 0 aromatic heterocycles. The molecule has 0 saturated heterocycles. The van der Waals surface area contributed by atoms with E-state index in [4.69, 9.17) is 4.74 Å². The van der Waals surface area contributed by atoms with E-state index >= 15 is 0 Å². The lowest BCUT2D eigenvalue weighted by atomic mass is 9.71. The second-order valence-electron chi connectivity index (χ2n) is 6.85. The molecular weight excluding hydrogens is 260 g/mol. The fourth-order valence-electron chi connectivity index (χ4n) is 3.64. The zero-order valence-electron chi connectivity index (χ0n) is 14.5. The first-order valence-electron chi connectivity index (χ1n) is 9.39. The van der Waals surface area contributed by atoms with Gasteiger partial charge in [0, 0.05) is 0 Å². The number of esters is 1. The molecule has 1 fully saturated rings. The number of rotatable bonds is 10. The predicted octanol–water partition coefficient (Wildman–Crippen LogP) is 5.74. The molecule has 3 unspecified atom stereocenters. The van der Waals surface area contributed by atoms with Crippen LogP contribution in [0.4, 0.5) is 0 Å². The van der Waals surface area contributed by atoms with E-state index in [-0.39, 0.29) is 11.9 Å². The molecule has 0 heterocycles. The van der Waals surface area contributed by atoms with Gasteiger partial charge >= 0.3 is 5.97 Å². The van der Waals surface area contributed by atoms with Crippen LogP contribution in [0.5, 0.6) is 0 Å². The molecule has 0 radical (unpaired) electrons. The summed E-state index contributed by atoms with van der Waals surface area (Å²) in [5.41, 5.74) is 0. The minimum Gasteiger partial charge on any atom is -0.465 e. The Labute approximate surface area is 132 Å². The van der Waals surface area contributed by atoms with E-state index in [2.05, 4.69) is 20.8 Å². The van der Waals surface area contributed by atoms with Crippen molar-refractivity contribution in [3.63, 3.8) is 0 Å². The summed E-state index contributed by atoms with van der Waals surface area (Å²) in [6.45, 7) is 7.26. The van der Waals surface area contributed by atoms with Crippen molar-refractivity contribution in [1.82, 2.24) is 0 Å². The van der Waals surface area contributed by atoms with Crippen molar-refractivity contribution in [2.75, 3.05) is 6.61 Å². The summed E-state index contributed by atoms with van der Waals surface area (Å²) >= 11 is 0. The smallest absolute Gasteiger partial charge is 0.309 e. The van der Waals surface area contributed by atoms with Gasteiger partial charge in [-0.1, -0.05) is 59.3 Å². The Hall–Kier alpha value is -0.530. The monoisotopic (exact) mass is 296 g/mol. The largest absolute Gasteiger partial charge is 0.465 e. The first-order chi connectivity index (χ1) is 10.2. The molecular formula is C19H36O2. The summed E-state index contributed by atoms with van der Waals surface area (Å²) in [5, 5.41) is 0.